The molecule has 8 heteroatoms. The van der Waals surface area contributed by atoms with E-state index in [-0.39, 0.29) is 15.3 Å². The number of hydrogen-bond donors (Lipinski definition) is 2. The van der Waals surface area contributed by atoms with E-state index in [0.717, 1.165) is 12.1 Å². The van der Waals surface area contributed by atoms with Crippen LogP contribution in [0.3, 0.4) is 0 Å². The van der Waals surface area contributed by atoms with Crippen LogP contribution in [-0.2, 0) is 10.0 Å². The molecule has 0 aliphatic carbocycles. The van der Waals surface area contributed by atoms with Gasteiger partial charge in [0.1, 0.15) is 10.7 Å². The summed E-state index contributed by atoms with van der Waals surface area (Å²) < 4.78 is 39.0. The molecule has 0 unspecified atom stereocenters. The molecule has 0 fully saturated rings. The van der Waals surface area contributed by atoms with Gasteiger partial charge in [-0.15, -0.1) is 0 Å². The van der Waals surface area contributed by atoms with Crippen LogP contribution in [0.5, 0.6) is 0 Å². The Balaban J connectivity index is 2.38. The molecular weight excluding hydrogens is 313 g/mol. The number of nitrogens with one attached hydrogen (secondary N) is 2. The molecule has 2 N–H and O–H groups in total. The number of aromatic amines is 1. The van der Waals surface area contributed by atoms with Gasteiger partial charge in [0, 0.05) is 16.9 Å². The summed E-state index contributed by atoms with van der Waals surface area (Å²) in [5.74, 6) is -0.421. The molecule has 17 heavy (non-hydrogen) atoms. The minimum Gasteiger partial charge on any atom is -0.330 e. The molecule has 2 rings (SSSR count). The standard InChI is InChI=1S/C9H7BrFN3O2S/c10-7-5-6(11)1-2-8(7)17(15,16)14-9-12-3-4-13-9/h1-5H,(H2,12,13,14). The maximum absolute atomic E-state index is 12.8. The van der Waals surface area contributed by atoms with E-state index in [1.807, 2.05) is 0 Å². The molecule has 0 aliphatic heterocycles. The lowest BCUT2D eigenvalue weighted by Crippen LogP contribution is -2.14. The van der Waals surface area contributed by atoms with E-state index in [1.165, 1.54) is 18.5 Å². The SMILES string of the molecule is O=S(=O)(Nc1ncc[nH]1)c1ccc(F)cc1Br. The second-order valence-corrected chi connectivity index (χ2v) is 5.62. The Labute approximate surface area is 105 Å². The van der Waals surface area contributed by atoms with E-state index in [1.54, 1.807) is 0 Å². The van der Waals surface area contributed by atoms with Crippen molar-refractivity contribution in [2.45, 2.75) is 4.90 Å². The third-order valence-electron chi connectivity index (χ3n) is 1.91. The fourth-order valence-electron chi connectivity index (χ4n) is 1.20. The molecule has 5 nitrogen and oxygen atoms in total. The van der Waals surface area contributed by atoms with Crippen molar-refractivity contribution in [1.82, 2.24) is 9.97 Å². The predicted octanol–water partition coefficient (Wildman–Crippen LogP) is 2.11. The lowest BCUT2D eigenvalue weighted by atomic mass is 10.3. The first-order valence-corrected chi connectivity index (χ1v) is 6.74. The number of benzene rings is 1. The fraction of sp³-hybridized carbons (Fsp3) is 0. The minimum atomic E-state index is -3.79. The molecule has 0 bridgehead atoms. The minimum absolute atomic E-state index is 0.0599. The zero-order valence-electron chi connectivity index (χ0n) is 8.31. The van der Waals surface area contributed by atoms with Gasteiger partial charge >= 0.3 is 0 Å². The average Bonchev–Trinajstić information content (AvgIpc) is 2.68. The first-order chi connectivity index (χ1) is 7.99. The van der Waals surface area contributed by atoms with Crippen LogP contribution in [0.25, 0.3) is 0 Å². The highest BCUT2D eigenvalue weighted by Crippen LogP contribution is 2.24. The number of aromatic nitrogens is 2. The highest BCUT2D eigenvalue weighted by Gasteiger charge is 2.18. The molecule has 0 amide bonds. The van der Waals surface area contributed by atoms with E-state index >= 15 is 0 Å². The van der Waals surface area contributed by atoms with Gasteiger partial charge in [0.15, 0.2) is 0 Å². The molecule has 1 heterocycles. The molecule has 2 aromatic rings. The molecule has 90 valence electrons. The van der Waals surface area contributed by atoms with Crippen molar-refractivity contribution < 1.29 is 12.8 Å². The maximum atomic E-state index is 12.8. The summed E-state index contributed by atoms with van der Waals surface area (Å²) in [4.78, 5) is 6.28. The van der Waals surface area contributed by atoms with E-state index < -0.39 is 15.8 Å². The van der Waals surface area contributed by atoms with Gasteiger partial charge in [-0.1, -0.05) is 0 Å². The molecule has 0 saturated heterocycles. The summed E-state index contributed by atoms with van der Waals surface area (Å²) >= 11 is 3.00. The van der Waals surface area contributed by atoms with Gasteiger partial charge in [-0.3, -0.25) is 0 Å². The second kappa shape index (κ2) is 4.46. The Morgan fingerprint density at radius 1 is 1.41 bits per heavy atom. The fourth-order valence-corrected chi connectivity index (χ4v) is 3.23. The Kier molecular flexibility index (Phi) is 3.16. The molecule has 0 radical (unpaired) electrons. The average molecular weight is 320 g/mol. The van der Waals surface area contributed by atoms with Crippen LogP contribution in [0, 0.1) is 5.82 Å². The van der Waals surface area contributed by atoms with Crippen molar-refractivity contribution in [3.8, 4) is 0 Å². The van der Waals surface area contributed by atoms with Crippen molar-refractivity contribution in [3.05, 3.63) is 40.9 Å². The van der Waals surface area contributed by atoms with Crippen molar-refractivity contribution in [2.75, 3.05) is 4.72 Å². The molecule has 1 aromatic carbocycles. The Morgan fingerprint density at radius 2 is 2.18 bits per heavy atom. The summed E-state index contributed by atoms with van der Waals surface area (Å²) in [6.07, 6.45) is 2.90. The largest absolute Gasteiger partial charge is 0.330 e. The maximum Gasteiger partial charge on any atom is 0.265 e. The van der Waals surface area contributed by atoms with Crippen LogP contribution in [0.15, 0.2) is 40.0 Å². The molecule has 0 spiro atoms. The van der Waals surface area contributed by atoms with Crippen LogP contribution in [-0.4, -0.2) is 18.4 Å². The smallest absolute Gasteiger partial charge is 0.265 e. The summed E-state index contributed by atoms with van der Waals surface area (Å²) in [6, 6.07) is 3.32. The van der Waals surface area contributed by atoms with E-state index in [0.29, 0.717) is 0 Å². The first-order valence-electron chi connectivity index (χ1n) is 4.46. The number of rotatable bonds is 3. The third kappa shape index (κ3) is 2.64. The number of halogens is 2. The predicted molar refractivity (Wildman–Crippen MR) is 63.5 cm³/mol. The van der Waals surface area contributed by atoms with Crippen molar-refractivity contribution in [3.63, 3.8) is 0 Å². The van der Waals surface area contributed by atoms with Gasteiger partial charge in [0.05, 0.1) is 0 Å². The highest BCUT2D eigenvalue weighted by atomic mass is 79.9. The summed E-state index contributed by atoms with van der Waals surface area (Å²) in [7, 11) is -3.79. The lowest BCUT2D eigenvalue weighted by Gasteiger charge is -2.07. The number of nitrogens with zero attached hydrogens (tertiary/aromatic N) is 1. The molecule has 1 aromatic heterocycles. The first kappa shape index (κ1) is 12.1. The highest BCUT2D eigenvalue weighted by molar-refractivity contribution is 9.10. The molecule has 0 atom stereocenters. The van der Waals surface area contributed by atoms with Crippen LogP contribution < -0.4 is 4.72 Å². The molecule has 0 aliphatic rings. The van der Waals surface area contributed by atoms with Crippen LogP contribution >= 0.6 is 15.9 Å². The zero-order valence-corrected chi connectivity index (χ0v) is 10.7. The normalized spacial score (nSPS) is 11.4. The third-order valence-corrected chi connectivity index (χ3v) is 4.23. The van der Waals surface area contributed by atoms with E-state index in [9.17, 15) is 12.8 Å². The second-order valence-electron chi connectivity index (χ2n) is 3.12. The number of sulfonamides is 1. The number of imidazole rings is 1. The zero-order chi connectivity index (χ0) is 12.5. The lowest BCUT2D eigenvalue weighted by molar-refractivity contribution is 0.598. The van der Waals surface area contributed by atoms with Gasteiger partial charge in [-0.25, -0.2) is 22.5 Å². The Morgan fingerprint density at radius 3 is 2.76 bits per heavy atom. The molecule has 0 saturated carbocycles. The van der Waals surface area contributed by atoms with E-state index in [2.05, 4.69) is 30.6 Å². The van der Waals surface area contributed by atoms with Crippen LogP contribution in [0.4, 0.5) is 10.3 Å². The Hall–Kier alpha value is -1.41. The quantitative estimate of drug-likeness (QED) is 0.909. The van der Waals surface area contributed by atoms with Crippen LogP contribution in [0.2, 0.25) is 0 Å². The topological polar surface area (TPSA) is 74.8 Å². The van der Waals surface area contributed by atoms with Crippen molar-refractivity contribution in [1.29, 1.82) is 0 Å². The van der Waals surface area contributed by atoms with E-state index in [4.69, 9.17) is 0 Å². The Bertz CT molecular complexity index is 628. The van der Waals surface area contributed by atoms with Gasteiger partial charge in [-0.05, 0) is 34.1 Å². The van der Waals surface area contributed by atoms with Crippen molar-refractivity contribution in [2.24, 2.45) is 0 Å². The summed E-state index contributed by atoms with van der Waals surface area (Å²) in [5.41, 5.74) is 0. The number of H-pyrrole nitrogens is 1. The van der Waals surface area contributed by atoms with Gasteiger partial charge in [-0.2, -0.15) is 0 Å². The van der Waals surface area contributed by atoms with Gasteiger partial charge in [0.2, 0.25) is 5.95 Å². The molecular formula is C9H7BrFN3O2S. The summed E-state index contributed by atoms with van der Waals surface area (Å²) in [6.45, 7) is 0. The number of hydrogen-bond acceptors (Lipinski definition) is 3. The van der Waals surface area contributed by atoms with Crippen LogP contribution in [0.1, 0.15) is 0 Å². The number of anilines is 1. The van der Waals surface area contributed by atoms with Crippen molar-refractivity contribution >= 4 is 31.9 Å². The van der Waals surface area contributed by atoms with Gasteiger partial charge in [0.25, 0.3) is 10.0 Å². The van der Waals surface area contributed by atoms with Gasteiger partial charge < -0.3 is 4.98 Å². The summed E-state index contributed by atoms with van der Waals surface area (Å²) in [5, 5.41) is 0. The monoisotopic (exact) mass is 319 g/mol.